The van der Waals surface area contributed by atoms with Crippen molar-refractivity contribution in [2.75, 3.05) is 18.4 Å². The maximum Gasteiger partial charge on any atom is 0.246 e. The number of piperidine rings is 1. The Morgan fingerprint density at radius 2 is 1.77 bits per heavy atom. The Kier molecular flexibility index (Phi) is 5.79. The minimum atomic E-state index is -0.381. The standard InChI is InChI=1S/C21H21FN2O2/c22-18-7-4-8-19(15-18)23-21(26)17-11-13-24(14-12-17)20(25)10-9-16-5-2-1-3-6-16/h1-10,15,17H,11-14H2,(H,23,26)/b10-9-. The van der Waals surface area contributed by atoms with Crippen LogP contribution in [0.4, 0.5) is 10.1 Å². The van der Waals surface area contributed by atoms with Gasteiger partial charge in [-0.15, -0.1) is 0 Å². The maximum atomic E-state index is 13.2. The number of carbonyl (C=O) groups excluding carboxylic acids is 2. The van der Waals surface area contributed by atoms with E-state index < -0.39 is 0 Å². The molecule has 2 aromatic carbocycles. The summed E-state index contributed by atoms with van der Waals surface area (Å²) >= 11 is 0. The third-order valence-electron chi connectivity index (χ3n) is 4.49. The van der Waals surface area contributed by atoms with Crippen LogP contribution in [-0.2, 0) is 9.59 Å². The first-order chi connectivity index (χ1) is 12.6. The first kappa shape index (κ1) is 17.9. The second-order valence-electron chi connectivity index (χ2n) is 6.34. The van der Waals surface area contributed by atoms with Crippen molar-refractivity contribution in [2.24, 2.45) is 5.92 Å². The number of carbonyl (C=O) groups is 2. The lowest BCUT2D eigenvalue weighted by Gasteiger charge is -2.30. The zero-order chi connectivity index (χ0) is 18.4. The van der Waals surface area contributed by atoms with E-state index in [2.05, 4.69) is 5.32 Å². The lowest BCUT2D eigenvalue weighted by Crippen LogP contribution is -2.40. The van der Waals surface area contributed by atoms with E-state index in [1.807, 2.05) is 30.3 Å². The van der Waals surface area contributed by atoms with Gasteiger partial charge in [-0.1, -0.05) is 36.4 Å². The number of nitrogens with zero attached hydrogens (tertiary/aromatic N) is 1. The molecule has 0 atom stereocenters. The molecule has 0 spiro atoms. The van der Waals surface area contributed by atoms with Crippen molar-refractivity contribution < 1.29 is 14.0 Å². The van der Waals surface area contributed by atoms with Crippen LogP contribution in [0.2, 0.25) is 0 Å². The molecule has 26 heavy (non-hydrogen) atoms. The molecular formula is C21H21FN2O2. The van der Waals surface area contributed by atoms with E-state index in [0.29, 0.717) is 31.6 Å². The number of likely N-dealkylation sites (tertiary alicyclic amines) is 1. The van der Waals surface area contributed by atoms with Gasteiger partial charge in [0.05, 0.1) is 0 Å². The predicted molar refractivity (Wildman–Crippen MR) is 99.8 cm³/mol. The van der Waals surface area contributed by atoms with E-state index in [1.54, 1.807) is 29.2 Å². The van der Waals surface area contributed by atoms with Crippen LogP contribution >= 0.6 is 0 Å². The third kappa shape index (κ3) is 4.79. The Morgan fingerprint density at radius 1 is 1.04 bits per heavy atom. The average Bonchev–Trinajstić information content (AvgIpc) is 2.67. The maximum absolute atomic E-state index is 13.2. The van der Waals surface area contributed by atoms with Gasteiger partial charge in [0.2, 0.25) is 11.8 Å². The molecule has 0 bridgehead atoms. The first-order valence-electron chi connectivity index (χ1n) is 8.70. The molecule has 1 heterocycles. The fourth-order valence-electron chi connectivity index (χ4n) is 3.01. The highest BCUT2D eigenvalue weighted by molar-refractivity contribution is 5.94. The monoisotopic (exact) mass is 352 g/mol. The minimum Gasteiger partial charge on any atom is -0.339 e. The Morgan fingerprint density at radius 3 is 2.46 bits per heavy atom. The average molecular weight is 352 g/mol. The predicted octanol–water partition coefficient (Wildman–Crippen LogP) is 3.72. The molecular weight excluding hydrogens is 331 g/mol. The summed E-state index contributed by atoms with van der Waals surface area (Å²) in [5.74, 6) is -0.714. The molecule has 4 nitrogen and oxygen atoms in total. The second kappa shape index (κ2) is 8.43. The lowest BCUT2D eigenvalue weighted by atomic mass is 9.95. The van der Waals surface area contributed by atoms with Crippen LogP contribution in [0, 0.1) is 11.7 Å². The summed E-state index contributed by atoms with van der Waals surface area (Å²) in [6.45, 7) is 1.08. The smallest absolute Gasteiger partial charge is 0.246 e. The largest absolute Gasteiger partial charge is 0.339 e. The zero-order valence-corrected chi connectivity index (χ0v) is 14.4. The summed E-state index contributed by atoms with van der Waals surface area (Å²) in [6.07, 6.45) is 4.58. The summed E-state index contributed by atoms with van der Waals surface area (Å²) in [5.41, 5.74) is 1.43. The van der Waals surface area contributed by atoms with Gasteiger partial charge >= 0.3 is 0 Å². The normalized spacial score (nSPS) is 15.2. The summed E-state index contributed by atoms with van der Waals surface area (Å²) in [4.78, 5) is 26.3. The number of nitrogens with one attached hydrogen (secondary N) is 1. The van der Waals surface area contributed by atoms with Gasteiger partial charge in [-0.05, 0) is 42.7 Å². The van der Waals surface area contributed by atoms with Crippen LogP contribution in [0.15, 0.2) is 60.7 Å². The van der Waals surface area contributed by atoms with Crippen molar-refractivity contribution in [3.05, 3.63) is 72.1 Å². The number of hydrogen-bond donors (Lipinski definition) is 1. The molecule has 0 aromatic heterocycles. The van der Waals surface area contributed by atoms with Crippen molar-refractivity contribution in [1.82, 2.24) is 4.90 Å². The van der Waals surface area contributed by atoms with Gasteiger partial charge in [-0.2, -0.15) is 0 Å². The van der Waals surface area contributed by atoms with Crippen LogP contribution in [0.1, 0.15) is 18.4 Å². The highest BCUT2D eigenvalue weighted by Crippen LogP contribution is 2.20. The van der Waals surface area contributed by atoms with Gasteiger partial charge in [-0.3, -0.25) is 9.59 Å². The molecule has 0 saturated carbocycles. The highest BCUT2D eigenvalue weighted by Gasteiger charge is 2.26. The summed E-state index contributed by atoms with van der Waals surface area (Å²) < 4.78 is 13.2. The topological polar surface area (TPSA) is 49.4 Å². The van der Waals surface area contributed by atoms with E-state index in [-0.39, 0.29) is 23.5 Å². The van der Waals surface area contributed by atoms with Crippen LogP contribution in [0.3, 0.4) is 0 Å². The number of halogens is 1. The third-order valence-corrected chi connectivity index (χ3v) is 4.49. The van der Waals surface area contributed by atoms with E-state index >= 15 is 0 Å². The molecule has 5 heteroatoms. The van der Waals surface area contributed by atoms with Crippen molar-refractivity contribution in [3.8, 4) is 0 Å². The number of amides is 2. The van der Waals surface area contributed by atoms with Crippen molar-refractivity contribution in [1.29, 1.82) is 0 Å². The Balaban J connectivity index is 1.49. The summed E-state index contributed by atoms with van der Waals surface area (Å²) in [5, 5.41) is 2.75. The summed E-state index contributed by atoms with van der Waals surface area (Å²) in [6, 6.07) is 15.5. The Bertz CT molecular complexity index is 797. The van der Waals surface area contributed by atoms with Gasteiger partial charge < -0.3 is 10.2 Å². The molecule has 1 aliphatic heterocycles. The van der Waals surface area contributed by atoms with Crippen LogP contribution in [-0.4, -0.2) is 29.8 Å². The molecule has 2 amide bonds. The van der Waals surface area contributed by atoms with Crippen molar-refractivity contribution in [3.63, 3.8) is 0 Å². The van der Waals surface area contributed by atoms with Gasteiger partial charge in [-0.25, -0.2) is 4.39 Å². The Labute approximate surface area is 152 Å². The molecule has 0 unspecified atom stereocenters. The van der Waals surface area contributed by atoms with E-state index in [4.69, 9.17) is 0 Å². The summed E-state index contributed by atoms with van der Waals surface area (Å²) in [7, 11) is 0. The molecule has 134 valence electrons. The molecule has 1 saturated heterocycles. The molecule has 1 aliphatic rings. The van der Waals surface area contributed by atoms with E-state index in [1.165, 1.54) is 12.1 Å². The molecule has 0 aliphatic carbocycles. The fraction of sp³-hybridized carbons (Fsp3) is 0.238. The van der Waals surface area contributed by atoms with Gasteiger partial charge in [0.25, 0.3) is 0 Å². The number of hydrogen-bond acceptors (Lipinski definition) is 2. The Hall–Kier alpha value is -2.95. The number of benzene rings is 2. The lowest BCUT2D eigenvalue weighted by molar-refractivity contribution is -0.130. The van der Waals surface area contributed by atoms with Crippen molar-refractivity contribution in [2.45, 2.75) is 12.8 Å². The van der Waals surface area contributed by atoms with Gasteiger partial charge in [0.15, 0.2) is 0 Å². The quantitative estimate of drug-likeness (QED) is 0.853. The molecule has 0 radical (unpaired) electrons. The number of anilines is 1. The van der Waals surface area contributed by atoms with Crippen LogP contribution < -0.4 is 5.32 Å². The first-order valence-corrected chi connectivity index (χ1v) is 8.70. The molecule has 3 rings (SSSR count). The van der Waals surface area contributed by atoms with E-state index in [9.17, 15) is 14.0 Å². The van der Waals surface area contributed by atoms with Crippen molar-refractivity contribution >= 4 is 23.6 Å². The SMILES string of the molecule is O=C(Nc1cccc(F)c1)C1CCN(C(=O)/C=C\c2ccccc2)CC1. The zero-order valence-electron chi connectivity index (χ0n) is 14.4. The van der Waals surface area contributed by atoms with Crippen LogP contribution in [0.5, 0.6) is 0 Å². The highest BCUT2D eigenvalue weighted by atomic mass is 19.1. The van der Waals surface area contributed by atoms with Gasteiger partial charge in [0, 0.05) is 30.8 Å². The fourth-order valence-corrected chi connectivity index (χ4v) is 3.01. The minimum absolute atomic E-state index is 0.0437. The van der Waals surface area contributed by atoms with Gasteiger partial charge in [0.1, 0.15) is 5.82 Å². The number of rotatable bonds is 4. The molecule has 1 fully saturated rings. The molecule has 1 N–H and O–H groups in total. The molecule has 2 aromatic rings. The van der Waals surface area contributed by atoms with Crippen LogP contribution in [0.25, 0.3) is 6.08 Å². The van der Waals surface area contributed by atoms with E-state index in [0.717, 1.165) is 5.56 Å². The second-order valence-corrected chi connectivity index (χ2v) is 6.34.